The van der Waals surface area contributed by atoms with Gasteiger partial charge in [-0.25, -0.2) is 8.78 Å². The van der Waals surface area contributed by atoms with Gasteiger partial charge in [0.25, 0.3) is 0 Å². The van der Waals surface area contributed by atoms with E-state index < -0.39 is 11.6 Å². The molecule has 0 aliphatic carbocycles. The van der Waals surface area contributed by atoms with Crippen LogP contribution in [0.1, 0.15) is 18.3 Å². The summed E-state index contributed by atoms with van der Waals surface area (Å²) in [5, 5.41) is 14.2. The number of aliphatic imine (C=N–C) groups is 1. The van der Waals surface area contributed by atoms with Crippen LogP contribution in [0.3, 0.4) is 0 Å². The Hall–Kier alpha value is -2.51. The zero-order chi connectivity index (χ0) is 17.4. The van der Waals surface area contributed by atoms with Gasteiger partial charge in [0.05, 0.1) is 0 Å². The molecule has 6 nitrogen and oxygen atoms in total. The molecule has 24 heavy (non-hydrogen) atoms. The summed E-state index contributed by atoms with van der Waals surface area (Å²) in [4.78, 5) is 4.12. The molecule has 0 unspecified atom stereocenters. The average molecular weight is 336 g/mol. The van der Waals surface area contributed by atoms with Gasteiger partial charge < -0.3 is 15.2 Å². The number of rotatable bonds is 7. The van der Waals surface area contributed by atoms with Crippen LogP contribution in [0.25, 0.3) is 0 Å². The fourth-order valence-electron chi connectivity index (χ4n) is 2.29. The number of guanidine groups is 1. The van der Waals surface area contributed by atoms with Gasteiger partial charge in [-0.1, -0.05) is 13.0 Å². The summed E-state index contributed by atoms with van der Waals surface area (Å²) in [6.07, 6.45) is 2.97. The van der Waals surface area contributed by atoms with Crippen LogP contribution < -0.4 is 10.6 Å². The van der Waals surface area contributed by atoms with Crippen molar-refractivity contribution in [2.45, 2.75) is 26.3 Å². The van der Waals surface area contributed by atoms with Gasteiger partial charge in [0.1, 0.15) is 23.8 Å². The Morgan fingerprint density at radius 3 is 2.75 bits per heavy atom. The van der Waals surface area contributed by atoms with Gasteiger partial charge in [0, 0.05) is 39.2 Å². The summed E-state index contributed by atoms with van der Waals surface area (Å²) in [6.45, 7) is 3.91. The van der Waals surface area contributed by atoms with E-state index in [1.54, 1.807) is 13.4 Å². The normalized spacial score (nSPS) is 11.6. The lowest BCUT2D eigenvalue weighted by Crippen LogP contribution is -2.39. The first kappa shape index (κ1) is 17.8. The summed E-state index contributed by atoms with van der Waals surface area (Å²) in [7, 11) is 1.67. The molecule has 2 N–H and O–H groups in total. The number of nitrogens with zero attached hydrogens (tertiary/aromatic N) is 4. The smallest absolute Gasteiger partial charge is 0.191 e. The van der Waals surface area contributed by atoms with E-state index in [2.05, 4.69) is 25.8 Å². The summed E-state index contributed by atoms with van der Waals surface area (Å²) in [5.41, 5.74) is 0.469. The fourth-order valence-corrected chi connectivity index (χ4v) is 2.29. The average Bonchev–Trinajstić information content (AvgIpc) is 3.02. The van der Waals surface area contributed by atoms with E-state index >= 15 is 0 Å². The second kappa shape index (κ2) is 8.95. The standard InChI is InChI=1S/C16H22F2N6/c1-3-15-23-22-11-24(15)9-8-21-16(19-2)20-7-6-12-4-5-13(17)10-14(12)18/h4-5,10-11H,3,6-9H2,1-2H3,(H2,19,20,21). The van der Waals surface area contributed by atoms with E-state index in [0.717, 1.165) is 24.9 Å². The fraction of sp³-hybridized carbons (Fsp3) is 0.438. The molecule has 0 amide bonds. The van der Waals surface area contributed by atoms with E-state index in [4.69, 9.17) is 0 Å². The van der Waals surface area contributed by atoms with E-state index in [1.165, 1.54) is 12.1 Å². The van der Waals surface area contributed by atoms with Gasteiger partial charge in [-0.2, -0.15) is 0 Å². The molecule has 130 valence electrons. The molecule has 0 aliphatic rings. The molecule has 2 aromatic rings. The highest BCUT2D eigenvalue weighted by atomic mass is 19.1. The molecule has 0 aliphatic heterocycles. The Bertz CT molecular complexity index is 683. The highest BCUT2D eigenvalue weighted by Gasteiger charge is 2.05. The third-order valence-electron chi connectivity index (χ3n) is 3.58. The Labute approximate surface area is 140 Å². The van der Waals surface area contributed by atoms with Gasteiger partial charge in [0.15, 0.2) is 5.96 Å². The summed E-state index contributed by atoms with van der Waals surface area (Å²) in [6, 6.07) is 3.61. The number of nitrogens with one attached hydrogen (secondary N) is 2. The number of aromatic nitrogens is 3. The minimum Gasteiger partial charge on any atom is -0.356 e. The molecule has 0 saturated carbocycles. The minimum atomic E-state index is -0.567. The van der Waals surface area contributed by atoms with Crippen LogP contribution in [0.4, 0.5) is 8.78 Å². The molecule has 0 bridgehead atoms. The first-order valence-corrected chi connectivity index (χ1v) is 7.89. The highest BCUT2D eigenvalue weighted by molar-refractivity contribution is 5.79. The monoisotopic (exact) mass is 336 g/mol. The first-order chi connectivity index (χ1) is 11.6. The lowest BCUT2D eigenvalue weighted by atomic mass is 10.1. The molecule has 1 aromatic heterocycles. The second-order valence-electron chi connectivity index (χ2n) is 5.21. The van der Waals surface area contributed by atoms with E-state index in [0.29, 0.717) is 31.0 Å². The van der Waals surface area contributed by atoms with Gasteiger partial charge in [0.2, 0.25) is 0 Å². The second-order valence-corrected chi connectivity index (χ2v) is 5.21. The lowest BCUT2D eigenvalue weighted by molar-refractivity contribution is 0.570. The van der Waals surface area contributed by atoms with Crippen LogP contribution >= 0.6 is 0 Å². The molecule has 0 saturated heterocycles. The SMILES string of the molecule is CCc1nncn1CCNC(=NC)NCCc1ccc(F)cc1F. The first-order valence-electron chi connectivity index (χ1n) is 7.89. The van der Waals surface area contributed by atoms with Crippen LogP contribution in [0.5, 0.6) is 0 Å². The van der Waals surface area contributed by atoms with Gasteiger partial charge >= 0.3 is 0 Å². The quantitative estimate of drug-likeness (QED) is 0.594. The van der Waals surface area contributed by atoms with Crippen LogP contribution in [-0.2, 0) is 19.4 Å². The van der Waals surface area contributed by atoms with Crippen molar-refractivity contribution in [3.63, 3.8) is 0 Å². The van der Waals surface area contributed by atoms with Crippen LogP contribution in [-0.4, -0.2) is 40.9 Å². The minimum absolute atomic E-state index is 0.443. The zero-order valence-electron chi connectivity index (χ0n) is 13.9. The molecule has 0 spiro atoms. The molecule has 2 rings (SSSR count). The number of hydrogen-bond acceptors (Lipinski definition) is 3. The van der Waals surface area contributed by atoms with E-state index in [9.17, 15) is 8.78 Å². The van der Waals surface area contributed by atoms with Gasteiger partial charge in [-0.05, 0) is 18.1 Å². The number of aryl methyl sites for hydroxylation is 1. The van der Waals surface area contributed by atoms with Crippen molar-refractivity contribution in [2.75, 3.05) is 20.1 Å². The number of halogens is 2. The van der Waals surface area contributed by atoms with Crippen molar-refractivity contribution in [1.29, 1.82) is 0 Å². The number of hydrogen-bond donors (Lipinski definition) is 2. The molecule has 0 fully saturated rings. The Morgan fingerprint density at radius 2 is 2.04 bits per heavy atom. The molecule has 0 atom stereocenters. The Kier molecular flexibility index (Phi) is 6.65. The van der Waals surface area contributed by atoms with Crippen LogP contribution in [0, 0.1) is 11.6 Å². The maximum absolute atomic E-state index is 13.6. The zero-order valence-corrected chi connectivity index (χ0v) is 13.9. The van der Waals surface area contributed by atoms with E-state index in [-0.39, 0.29) is 0 Å². The van der Waals surface area contributed by atoms with Crippen molar-refractivity contribution in [1.82, 2.24) is 25.4 Å². The third kappa shape index (κ3) is 5.00. The lowest BCUT2D eigenvalue weighted by Gasteiger charge is -2.13. The maximum atomic E-state index is 13.6. The predicted octanol–water partition coefficient (Wildman–Crippen LogP) is 1.53. The van der Waals surface area contributed by atoms with Crippen molar-refractivity contribution in [3.05, 3.63) is 47.5 Å². The summed E-state index contributed by atoms with van der Waals surface area (Å²) < 4.78 is 28.4. The molecular weight excluding hydrogens is 314 g/mol. The molecule has 0 radical (unpaired) electrons. The molecule has 1 aromatic carbocycles. The van der Waals surface area contributed by atoms with Crippen molar-refractivity contribution in [2.24, 2.45) is 4.99 Å². The maximum Gasteiger partial charge on any atom is 0.191 e. The molecule has 8 heteroatoms. The summed E-state index contributed by atoms with van der Waals surface area (Å²) in [5.74, 6) is 0.469. The summed E-state index contributed by atoms with van der Waals surface area (Å²) >= 11 is 0. The van der Waals surface area contributed by atoms with Crippen LogP contribution in [0.2, 0.25) is 0 Å². The molecule has 1 heterocycles. The van der Waals surface area contributed by atoms with Gasteiger partial charge in [-0.15, -0.1) is 10.2 Å². The molecular formula is C16H22F2N6. The topological polar surface area (TPSA) is 67.1 Å². The van der Waals surface area contributed by atoms with Crippen molar-refractivity contribution in [3.8, 4) is 0 Å². The Morgan fingerprint density at radius 1 is 1.25 bits per heavy atom. The van der Waals surface area contributed by atoms with Crippen molar-refractivity contribution >= 4 is 5.96 Å². The number of benzene rings is 1. The van der Waals surface area contributed by atoms with Gasteiger partial charge in [-0.3, -0.25) is 4.99 Å². The largest absolute Gasteiger partial charge is 0.356 e. The highest BCUT2D eigenvalue weighted by Crippen LogP contribution is 2.09. The predicted molar refractivity (Wildman–Crippen MR) is 88.8 cm³/mol. The van der Waals surface area contributed by atoms with Crippen LogP contribution in [0.15, 0.2) is 29.5 Å². The third-order valence-corrected chi connectivity index (χ3v) is 3.58. The van der Waals surface area contributed by atoms with Crippen molar-refractivity contribution < 1.29 is 8.78 Å². The Balaban J connectivity index is 1.74. The van der Waals surface area contributed by atoms with E-state index in [1.807, 2.05) is 11.5 Å².